The van der Waals surface area contributed by atoms with Gasteiger partial charge in [0.25, 0.3) is 0 Å². The number of nitrogens with zero attached hydrogens (tertiary/aromatic N) is 1. The Labute approximate surface area is 105 Å². The summed E-state index contributed by atoms with van der Waals surface area (Å²) in [4.78, 5) is 25.8. The van der Waals surface area contributed by atoms with E-state index in [0.717, 1.165) is 0 Å². The van der Waals surface area contributed by atoms with E-state index in [1.807, 2.05) is 0 Å². The molecule has 0 aliphatic rings. The van der Waals surface area contributed by atoms with E-state index in [0.29, 0.717) is 4.60 Å². The topological polar surface area (TPSA) is 88.5 Å². The minimum atomic E-state index is -1.25. The number of pyridine rings is 1. The highest BCUT2D eigenvalue weighted by atomic mass is 79.9. The van der Waals surface area contributed by atoms with Gasteiger partial charge in [-0.3, -0.25) is 5.32 Å². The van der Waals surface area contributed by atoms with Crippen LogP contribution in [0.2, 0.25) is 0 Å². The van der Waals surface area contributed by atoms with Gasteiger partial charge >= 0.3 is 12.1 Å². The first-order chi connectivity index (χ1) is 8.04. The molecule has 1 rings (SSSR count). The molecule has 1 aromatic rings. The molecule has 90 valence electrons. The summed E-state index contributed by atoms with van der Waals surface area (Å²) in [6.07, 6.45) is 0.633. The maximum absolute atomic E-state index is 11.2. The molecule has 0 fully saturated rings. The zero-order valence-corrected chi connectivity index (χ0v) is 10.2. The number of carbonyl (C=O) groups excluding carboxylic acids is 1. The van der Waals surface area contributed by atoms with Crippen molar-refractivity contribution < 1.29 is 19.4 Å². The number of carboxylic acid groups (broad SMARTS) is 1. The molecule has 0 aromatic carbocycles. The first-order valence-electron chi connectivity index (χ1n) is 4.49. The molecule has 7 heteroatoms. The van der Waals surface area contributed by atoms with E-state index >= 15 is 0 Å². The number of carbonyl (C=O) groups is 2. The lowest BCUT2D eigenvalue weighted by Gasteiger charge is -2.07. The van der Waals surface area contributed by atoms with Crippen molar-refractivity contribution >= 4 is 33.7 Å². The summed E-state index contributed by atoms with van der Waals surface area (Å²) in [5.41, 5.74) is -0.204. The Kier molecular flexibility index (Phi) is 4.65. The fraction of sp³-hybridized carbons (Fsp3) is 0.100. The number of nitrogens with one attached hydrogen (secondary N) is 1. The monoisotopic (exact) mass is 300 g/mol. The Balaban J connectivity index is 2.86. The molecule has 0 spiro atoms. The molecule has 0 saturated heterocycles. The Morgan fingerprint density at radius 3 is 2.88 bits per heavy atom. The Morgan fingerprint density at radius 2 is 2.29 bits per heavy atom. The smallest absolute Gasteiger partial charge is 0.412 e. The van der Waals surface area contributed by atoms with Gasteiger partial charge in [-0.25, -0.2) is 14.6 Å². The SMILES string of the molecule is C=CCOC(=O)Nc1ccc(Br)nc1C(=O)O. The van der Waals surface area contributed by atoms with Crippen LogP contribution in [0.5, 0.6) is 0 Å². The third-order valence-electron chi connectivity index (χ3n) is 1.63. The van der Waals surface area contributed by atoms with Gasteiger partial charge in [-0.2, -0.15) is 0 Å². The number of ether oxygens (including phenoxy) is 1. The predicted molar refractivity (Wildman–Crippen MR) is 64.1 cm³/mol. The first-order valence-corrected chi connectivity index (χ1v) is 5.28. The number of aromatic carboxylic acids is 1. The second-order valence-electron chi connectivity index (χ2n) is 2.85. The van der Waals surface area contributed by atoms with E-state index in [2.05, 4.69) is 37.5 Å². The van der Waals surface area contributed by atoms with E-state index in [4.69, 9.17) is 5.11 Å². The number of hydrogen-bond donors (Lipinski definition) is 2. The molecular formula is C10H9BrN2O4. The summed E-state index contributed by atoms with van der Waals surface area (Å²) in [5.74, 6) is -1.25. The molecule has 2 N–H and O–H groups in total. The summed E-state index contributed by atoms with van der Waals surface area (Å²) in [7, 11) is 0. The number of amides is 1. The zero-order valence-electron chi connectivity index (χ0n) is 8.64. The molecule has 0 radical (unpaired) electrons. The van der Waals surface area contributed by atoms with Crippen molar-refractivity contribution in [1.82, 2.24) is 4.98 Å². The van der Waals surface area contributed by atoms with Crippen molar-refractivity contribution in [1.29, 1.82) is 0 Å². The predicted octanol–water partition coefficient (Wildman–Crippen LogP) is 2.28. The number of rotatable bonds is 4. The summed E-state index contributed by atoms with van der Waals surface area (Å²) in [6.45, 7) is 3.42. The number of anilines is 1. The van der Waals surface area contributed by atoms with Crippen LogP contribution in [-0.4, -0.2) is 28.8 Å². The van der Waals surface area contributed by atoms with E-state index in [1.54, 1.807) is 0 Å². The van der Waals surface area contributed by atoms with Crippen LogP contribution in [0.25, 0.3) is 0 Å². The first kappa shape index (κ1) is 13.2. The van der Waals surface area contributed by atoms with Crippen LogP contribution < -0.4 is 5.32 Å². The minimum Gasteiger partial charge on any atom is -0.476 e. The fourth-order valence-corrected chi connectivity index (χ4v) is 1.29. The summed E-state index contributed by atoms with van der Waals surface area (Å²) in [6, 6.07) is 2.92. The highest BCUT2D eigenvalue weighted by Gasteiger charge is 2.15. The van der Waals surface area contributed by atoms with E-state index < -0.39 is 12.1 Å². The van der Waals surface area contributed by atoms with Crippen LogP contribution in [0.15, 0.2) is 29.4 Å². The summed E-state index contributed by atoms with van der Waals surface area (Å²) in [5, 5.41) is 11.2. The third kappa shape index (κ3) is 3.87. The summed E-state index contributed by atoms with van der Waals surface area (Å²) >= 11 is 3.04. The standard InChI is InChI=1S/C10H9BrN2O4/c1-2-5-17-10(16)12-6-3-4-7(11)13-8(6)9(14)15/h2-4H,1,5H2,(H,12,16)(H,14,15). The van der Waals surface area contributed by atoms with Crippen LogP contribution in [0, 0.1) is 0 Å². The number of halogens is 1. The molecule has 0 unspecified atom stereocenters. The average Bonchev–Trinajstić information content (AvgIpc) is 2.28. The molecule has 0 aliphatic heterocycles. The molecule has 0 bridgehead atoms. The molecule has 0 saturated carbocycles. The number of hydrogen-bond acceptors (Lipinski definition) is 4. The lowest BCUT2D eigenvalue weighted by Crippen LogP contribution is -2.17. The van der Waals surface area contributed by atoms with Gasteiger partial charge in [-0.05, 0) is 28.1 Å². The van der Waals surface area contributed by atoms with Gasteiger partial charge in [0.15, 0.2) is 5.69 Å². The van der Waals surface area contributed by atoms with Crippen LogP contribution in [0.3, 0.4) is 0 Å². The van der Waals surface area contributed by atoms with Crippen molar-refractivity contribution in [2.75, 3.05) is 11.9 Å². The van der Waals surface area contributed by atoms with Gasteiger partial charge in [0, 0.05) is 0 Å². The molecule has 1 aromatic heterocycles. The Morgan fingerprint density at radius 1 is 1.59 bits per heavy atom. The van der Waals surface area contributed by atoms with Crippen LogP contribution >= 0.6 is 15.9 Å². The van der Waals surface area contributed by atoms with Crippen LogP contribution in [-0.2, 0) is 4.74 Å². The highest BCUT2D eigenvalue weighted by Crippen LogP contribution is 2.17. The van der Waals surface area contributed by atoms with Crippen LogP contribution in [0.1, 0.15) is 10.5 Å². The molecule has 0 atom stereocenters. The lowest BCUT2D eigenvalue weighted by atomic mass is 10.3. The second kappa shape index (κ2) is 6.00. The largest absolute Gasteiger partial charge is 0.476 e. The zero-order chi connectivity index (χ0) is 12.8. The maximum atomic E-state index is 11.2. The molecule has 1 heterocycles. The van der Waals surface area contributed by atoms with Gasteiger partial charge < -0.3 is 9.84 Å². The van der Waals surface area contributed by atoms with Gasteiger partial charge in [-0.1, -0.05) is 12.7 Å². The normalized spacial score (nSPS) is 9.47. The van der Waals surface area contributed by atoms with Gasteiger partial charge in [-0.15, -0.1) is 0 Å². The third-order valence-corrected chi connectivity index (χ3v) is 2.07. The molecule has 6 nitrogen and oxygen atoms in total. The van der Waals surface area contributed by atoms with Crippen molar-refractivity contribution in [2.24, 2.45) is 0 Å². The van der Waals surface area contributed by atoms with Crippen molar-refractivity contribution in [3.05, 3.63) is 35.1 Å². The fourth-order valence-electron chi connectivity index (χ4n) is 0.980. The molecular weight excluding hydrogens is 292 g/mol. The van der Waals surface area contributed by atoms with Crippen molar-refractivity contribution in [3.63, 3.8) is 0 Å². The highest BCUT2D eigenvalue weighted by molar-refractivity contribution is 9.10. The van der Waals surface area contributed by atoms with Gasteiger partial charge in [0.1, 0.15) is 11.2 Å². The minimum absolute atomic E-state index is 0.0399. The second-order valence-corrected chi connectivity index (χ2v) is 3.66. The van der Waals surface area contributed by atoms with Crippen molar-refractivity contribution in [3.8, 4) is 0 Å². The number of aromatic nitrogens is 1. The van der Waals surface area contributed by atoms with Gasteiger partial charge in [0.05, 0.1) is 5.69 Å². The van der Waals surface area contributed by atoms with E-state index in [9.17, 15) is 9.59 Å². The Bertz CT molecular complexity index is 462. The van der Waals surface area contributed by atoms with E-state index in [1.165, 1.54) is 18.2 Å². The van der Waals surface area contributed by atoms with Crippen molar-refractivity contribution in [2.45, 2.75) is 0 Å². The van der Waals surface area contributed by atoms with E-state index in [-0.39, 0.29) is 18.0 Å². The van der Waals surface area contributed by atoms with Crippen LogP contribution in [0.4, 0.5) is 10.5 Å². The number of carboxylic acids is 1. The molecule has 0 aliphatic carbocycles. The molecule has 17 heavy (non-hydrogen) atoms. The maximum Gasteiger partial charge on any atom is 0.412 e. The van der Waals surface area contributed by atoms with Gasteiger partial charge in [0.2, 0.25) is 0 Å². The lowest BCUT2D eigenvalue weighted by molar-refractivity contribution is 0.0691. The average molecular weight is 301 g/mol. The molecule has 1 amide bonds. The quantitative estimate of drug-likeness (QED) is 0.658. The summed E-state index contributed by atoms with van der Waals surface area (Å²) < 4.78 is 5.02. The Hall–Kier alpha value is -1.89.